The van der Waals surface area contributed by atoms with Gasteiger partial charge in [0, 0.05) is 31.5 Å². The molecule has 0 N–H and O–H groups in total. The molecule has 0 radical (unpaired) electrons. The summed E-state index contributed by atoms with van der Waals surface area (Å²) in [5.41, 5.74) is 2.47. The molecular formula is C13H16N4O. The van der Waals surface area contributed by atoms with Crippen LogP contribution in [0.2, 0.25) is 0 Å². The summed E-state index contributed by atoms with van der Waals surface area (Å²) in [5, 5.41) is 8.29. The highest BCUT2D eigenvalue weighted by Crippen LogP contribution is 2.08. The van der Waals surface area contributed by atoms with Gasteiger partial charge in [0.05, 0.1) is 17.5 Å². The van der Waals surface area contributed by atoms with Crippen LogP contribution in [0.3, 0.4) is 0 Å². The summed E-state index contributed by atoms with van der Waals surface area (Å²) in [6, 6.07) is 0. The Morgan fingerprint density at radius 2 is 2.22 bits per heavy atom. The first-order valence-corrected chi connectivity index (χ1v) is 5.85. The van der Waals surface area contributed by atoms with E-state index in [-0.39, 0.29) is 5.78 Å². The van der Waals surface area contributed by atoms with Gasteiger partial charge in [-0.2, -0.15) is 10.2 Å². The summed E-state index contributed by atoms with van der Waals surface area (Å²) in [6.07, 6.45) is 8.57. The molecule has 0 saturated carbocycles. The van der Waals surface area contributed by atoms with Crippen LogP contribution in [-0.2, 0) is 13.6 Å². The molecule has 94 valence electrons. The largest absolute Gasteiger partial charge is 0.289 e. The Morgan fingerprint density at radius 3 is 2.78 bits per heavy atom. The molecule has 0 amide bonds. The Balaban J connectivity index is 2.13. The first kappa shape index (κ1) is 12.3. The molecular weight excluding hydrogens is 228 g/mol. The van der Waals surface area contributed by atoms with E-state index in [0.29, 0.717) is 5.56 Å². The summed E-state index contributed by atoms with van der Waals surface area (Å²) in [4.78, 5) is 11.9. The molecule has 5 heteroatoms. The third-order valence-electron chi connectivity index (χ3n) is 2.71. The van der Waals surface area contributed by atoms with E-state index < -0.39 is 0 Å². The van der Waals surface area contributed by atoms with Crippen LogP contribution in [0.5, 0.6) is 0 Å². The molecule has 0 aromatic carbocycles. The van der Waals surface area contributed by atoms with Gasteiger partial charge in [0.25, 0.3) is 0 Å². The lowest BCUT2D eigenvalue weighted by Gasteiger charge is -1.91. The fraction of sp³-hybridized carbons (Fsp3) is 0.308. The van der Waals surface area contributed by atoms with Gasteiger partial charge in [-0.15, -0.1) is 0 Å². The van der Waals surface area contributed by atoms with Crippen molar-refractivity contribution in [3.63, 3.8) is 0 Å². The lowest BCUT2D eigenvalue weighted by atomic mass is 10.2. The SMILES string of the molecule is CCn1cc(C(=O)/C=C/c2cn(C)nc2C)cn1. The number of ketones is 1. The van der Waals surface area contributed by atoms with Crippen LogP contribution >= 0.6 is 0 Å². The van der Waals surface area contributed by atoms with E-state index in [1.54, 1.807) is 33.9 Å². The van der Waals surface area contributed by atoms with Crippen molar-refractivity contribution in [1.82, 2.24) is 19.6 Å². The van der Waals surface area contributed by atoms with Crippen molar-refractivity contribution in [3.8, 4) is 0 Å². The number of aryl methyl sites for hydroxylation is 3. The number of aromatic nitrogens is 4. The minimum absolute atomic E-state index is 0.0436. The van der Waals surface area contributed by atoms with E-state index in [1.807, 2.05) is 27.1 Å². The predicted molar refractivity (Wildman–Crippen MR) is 69.2 cm³/mol. The average Bonchev–Trinajstić information content (AvgIpc) is 2.93. The van der Waals surface area contributed by atoms with E-state index in [9.17, 15) is 4.79 Å². The number of carbonyl (C=O) groups is 1. The van der Waals surface area contributed by atoms with E-state index >= 15 is 0 Å². The summed E-state index contributed by atoms with van der Waals surface area (Å²) >= 11 is 0. The van der Waals surface area contributed by atoms with Gasteiger partial charge in [0.15, 0.2) is 5.78 Å². The number of rotatable bonds is 4. The maximum absolute atomic E-state index is 11.9. The fourth-order valence-electron chi connectivity index (χ4n) is 1.71. The van der Waals surface area contributed by atoms with Gasteiger partial charge in [0.2, 0.25) is 0 Å². The maximum Gasteiger partial charge on any atom is 0.189 e. The third-order valence-corrected chi connectivity index (χ3v) is 2.71. The van der Waals surface area contributed by atoms with Crippen LogP contribution in [0, 0.1) is 6.92 Å². The highest BCUT2D eigenvalue weighted by Gasteiger charge is 2.05. The third kappa shape index (κ3) is 2.56. The Hall–Kier alpha value is -2.17. The first-order chi connectivity index (χ1) is 8.60. The number of allylic oxidation sites excluding steroid dienone is 1. The van der Waals surface area contributed by atoms with Crippen LogP contribution in [-0.4, -0.2) is 25.3 Å². The summed E-state index contributed by atoms with van der Waals surface area (Å²) < 4.78 is 3.46. The van der Waals surface area contributed by atoms with Crippen LogP contribution in [0.15, 0.2) is 24.7 Å². The molecule has 0 aliphatic rings. The van der Waals surface area contributed by atoms with Crippen LogP contribution < -0.4 is 0 Å². The summed E-state index contributed by atoms with van der Waals surface area (Å²) in [6.45, 7) is 4.66. The average molecular weight is 244 g/mol. The molecule has 0 bridgehead atoms. The normalized spacial score (nSPS) is 11.3. The zero-order valence-corrected chi connectivity index (χ0v) is 10.8. The molecule has 0 atom stereocenters. The Kier molecular flexibility index (Phi) is 3.41. The molecule has 2 rings (SSSR count). The monoisotopic (exact) mass is 244 g/mol. The molecule has 0 saturated heterocycles. The molecule has 18 heavy (non-hydrogen) atoms. The smallest absolute Gasteiger partial charge is 0.189 e. The predicted octanol–water partition coefficient (Wildman–Crippen LogP) is 1.84. The van der Waals surface area contributed by atoms with Crippen molar-refractivity contribution < 1.29 is 4.79 Å². The lowest BCUT2D eigenvalue weighted by molar-refractivity contribution is 0.104. The number of hydrogen-bond donors (Lipinski definition) is 0. The molecule has 2 heterocycles. The first-order valence-electron chi connectivity index (χ1n) is 5.85. The lowest BCUT2D eigenvalue weighted by Crippen LogP contribution is -1.94. The number of nitrogens with zero attached hydrogens (tertiary/aromatic N) is 4. The summed E-state index contributed by atoms with van der Waals surface area (Å²) in [5.74, 6) is -0.0436. The minimum atomic E-state index is -0.0436. The molecule has 5 nitrogen and oxygen atoms in total. The maximum atomic E-state index is 11.9. The van der Waals surface area contributed by atoms with Crippen molar-refractivity contribution in [3.05, 3.63) is 41.5 Å². The topological polar surface area (TPSA) is 52.7 Å². The second kappa shape index (κ2) is 5.00. The highest BCUT2D eigenvalue weighted by molar-refractivity contribution is 6.06. The van der Waals surface area contributed by atoms with E-state index in [0.717, 1.165) is 17.8 Å². The number of carbonyl (C=O) groups excluding carboxylic acids is 1. The van der Waals surface area contributed by atoms with Gasteiger partial charge in [-0.3, -0.25) is 14.2 Å². The second-order valence-corrected chi connectivity index (χ2v) is 4.13. The Morgan fingerprint density at radius 1 is 1.44 bits per heavy atom. The number of hydrogen-bond acceptors (Lipinski definition) is 3. The van der Waals surface area contributed by atoms with Gasteiger partial charge in [-0.25, -0.2) is 0 Å². The van der Waals surface area contributed by atoms with Crippen molar-refractivity contribution in [2.75, 3.05) is 0 Å². The van der Waals surface area contributed by atoms with Gasteiger partial charge in [-0.05, 0) is 26.0 Å². The van der Waals surface area contributed by atoms with Gasteiger partial charge in [0.1, 0.15) is 0 Å². The zero-order valence-electron chi connectivity index (χ0n) is 10.8. The van der Waals surface area contributed by atoms with Gasteiger partial charge in [-0.1, -0.05) is 0 Å². The highest BCUT2D eigenvalue weighted by atomic mass is 16.1. The van der Waals surface area contributed by atoms with E-state index in [2.05, 4.69) is 10.2 Å². The zero-order chi connectivity index (χ0) is 13.1. The quantitative estimate of drug-likeness (QED) is 0.609. The van der Waals surface area contributed by atoms with E-state index in [1.165, 1.54) is 0 Å². The second-order valence-electron chi connectivity index (χ2n) is 4.13. The van der Waals surface area contributed by atoms with E-state index in [4.69, 9.17) is 0 Å². The molecule has 0 aliphatic carbocycles. The van der Waals surface area contributed by atoms with Gasteiger partial charge >= 0.3 is 0 Å². The van der Waals surface area contributed by atoms with Crippen molar-refractivity contribution >= 4 is 11.9 Å². The van der Waals surface area contributed by atoms with Crippen LogP contribution in [0.25, 0.3) is 6.08 Å². The molecule has 0 fully saturated rings. The van der Waals surface area contributed by atoms with Crippen LogP contribution in [0.4, 0.5) is 0 Å². The minimum Gasteiger partial charge on any atom is -0.289 e. The molecule has 0 spiro atoms. The Bertz CT molecular complexity index is 592. The van der Waals surface area contributed by atoms with Crippen molar-refractivity contribution in [2.24, 2.45) is 7.05 Å². The Labute approximate surface area is 106 Å². The van der Waals surface area contributed by atoms with Crippen molar-refractivity contribution in [2.45, 2.75) is 20.4 Å². The van der Waals surface area contributed by atoms with Crippen LogP contribution in [0.1, 0.15) is 28.5 Å². The summed E-state index contributed by atoms with van der Waals surface area (Å²) in [7, 11) is 1.86. The molecule has 2 aromatic rings. The van der Waals surface area contributed by atoms with Gasteiger partial charge < -0.3 is 0 Å². The molecule has 0 aliphatic heterocycles. The fourth-order valence-corrected chi connectivity index (χ4v) is 1.71. The molecule has 0 unspecified atom stereocenters. The molecule has 2 aromatic heterocycles. The standard InChI is InChI=1S/C13H16N4O/c1-4-17-9-12(7-14-17)13(18)6-5-11-8-16(3)15-10(11)2/h5-9H,4H2,1-3H3/b6-5+. The van der Waals surface area contributed by atoms with Crippen molar-refractivity contribution in [1.29, 1.82) is 0 Å².